The number of fused-ring (bicyclic) bond motifs is 9. The molecule has 9 aromatic carbocycles. The predicted molar refractivity (Wildman–Crippen MR) is 273 cm³/mol. The number of furan rings is 2. The Hall–Kier alpha value is -7.30. The molecule has 11 rings (SSSR count). The molecule has 4 nitrogen and oxygen atoms in total. The molecular formula is C60H52N2O2. The van der Waals surface area contributed by atoms with Crippen molar-refractivity contribution in [3.8, 4) is 0 Å². The highest BCUT2D eigenvalue weighted by atomic mass is 16.3. The van der Waals surface area contributed by atoms with Crippen molar-refractivity contribution in [2.75, 3.05) is 9.80 Å². The summed E-state index contributed by atoms with van der Waals surface area (Å²) in [7, 11) is 0. The molecule has 0 N–H and O–H groups in total. The molecule has 64 heavy (non-hydrogen) atoms. The van der Waals surface area contributed by atoms with Crippen LogP contribution in [0, 0.1) is 69.2 Å². The minimum atomic E-state index is 0.855. The van der Waals surface area contributed by atoms with Gasteiger partial charge in [0.2, 0.25) is 0 Å². The fourth-order valence-corrected chi connectivity index (χ4v) is 10.1. The van der Waals surface area contributed by atoms with Crippen LogP contribution in [-0.4, -0.2) is 0 Å². The summed E-state index contributed by atoms with van der Waals surface area (Å²) in [6, 6.07) is 49.1. The Morgan fingerprint density at radius 1 is 0.312 bits per heavy atom. The SMILES string of the molecule is Cc1cccc(N(c2ccc3cc4c(cc3c2)oc2c4c(C)c(C)c3oc4cc5cc(N(c6cccc(C)c6C)c6cccc(C)c6C)ccc5cc4c32)c2cccc(C)c2C)c1C. The first-order valence-electron chi connectivity index (χ1n) is 22.4. The van der Waals surface area contributed by atoms with Crippen molar-refractivity contribution in [2.45, 2.75) is 69.2 Å². The highest BCUT2D eigenvalue weighted by molar-refractivity contribution is 6.26. The van der Waals surface area contributed by atoms with Crippen LogP contribution in [0.2, 0.25) is 0 Å². The Morgan fingerprint density at radius 2 is 0.688 bits per heavy atom. The molecule has 0 radical (unpaired) electrons. The van der Waals surface area contributed by atoms with E-state index in [1.54, 1.807) is 0 Å². The van der Waals surface area contributed by atoms with Crippen LogP contribution < -0.4 is 9.80 Å². The maximum atomic E-state index is 7.04. The molecule has 0 saturated carbocycles. The van der Waals surface area contributed by atoms with Gasteiger partial charge in [0, 0.05) is 50.3 Å². The van der Waals surface area contributed by atoms with Gasteiger partial charge in [0.15, 0.2) is 0 Å². The average Bonchev–Trinajstić information content (AvgIpc) is 3.85. The molecule has 2 heterocycles. The van der Waals surface area contributed by atoms with E-state index in [-0.39, 0.29) is 0 Å². The van der Waals surface area contributed by atoms with Crippen LogP contribution in [-0.2, 0) is 0 Å². The summed E-state index contributed by atoms with van der Waals surface area (Å²) in [4.78, 5) is 4.83. The Morgan fingerprint density at radius 3 is 1.09 bits per heavy atom. The molecular weight excluding hydrogens is 781 g/mol. The van der Waals surface area contributed by atoms with Gasteiger partial charge in [-0.3, -0.25) is 0 Å². The highest BCUT2D eigenvalue weighted by Crippen LogP contribution is 2.47. The van der Waals surface area contributed by atoms with E-state index in [2.05, 4.69) is 212 Å². The van der Waals surface area contributed by atoms with Gasteiger partial charge in [0.05, 0.1) is 5.39 Å². The summed E-state index contributed by atoms with van der Waals surface area (Å²) < 4.78 is 13.9. The fraction of sp³-hybridized carbons (Fsp3) is 0.167. The Bertz CT molecular complexity index is 3650. The lowest BCUT2D eigenvalue weighted by atomic mass is 9.96. The Labute approximate surface area is 375 Å². The van der Waals surface area contributed by atoms with Crippen molar-refractivity contribution in [1.29, 1.82) is 0 Å². The van der Waals surface area contributed by atoms with E-state index in [1.807, 2.05) is 0 Å². The second-order valence-electron chi connectivity index (χ2n) is 18.2. The van der Waals surface area contributed by atoms with Gasteiger partial charge in [-0.2, -0.15) is 0 Å². The van der Waals surface area contributed by atoms with Crippen LogP contribution in [0.5, 0.6) is 0 Å². The van der Waals surface area contributed by atoms with E-state index in [9.17, 15) is 0 Å². The normalized spacial score (nSPS) is 11.9. The largest absolute Gasteiger partial charge is 0.456 e. The number of hydrogen-bond donors (Lipinski definition) is 0. The second-order valence-corrected chi connectivity index (χ2v) is 18.2. The molecule has 11 aromatic rings. The van der Waals surface area contributed by atoms with Gasteiger partial charge in [-0.15, -0.1) is 0 Å². The number of benzene rings is 9. The van der Waals surface area contributed by atoms with Gasteiger partial charge in [-0.25, -0.2) is 0 Å². The molecule has 0 aliphatic heterocycles. The van der Waals surface area contributed by atoms with E-state index in [1.165, 1.54) is 78.2 Å². The van der Waals surface area contributed by atoms with Crippen LogP contribution in [0.15, 0.2) is 142 Å². The molecule has 2 aromatic heterocycles. The third-order valence-electron chi connectivity index (χ3n) is 14.6. The maximum absolute atomic E-state index is 7.04. The van der Waals surface area contributed by atoms with Gasteiger partial charge in [-0.05, 0) is 219 Å². The summed E-state index contributed by atoms with van der Waals surface area (Å²) in [5, 5.41) is 8.94. The van der Waals surface area contributed by atoms with Gasteiger partial charge in [0.25, 0.3) is 0 Å². The standard InChI is InChI=1S/C60H52N2O2/c1-33-15-11-19-51(37(33)5)61(52-20-12-16-34(2)38(52)6)47-25-23-43-29-49-55(31-45(43)27-47)64-60-57(49)41(9)42(10)59-58(60)50-30-44-24-26-48(28-46(44)32-56(50)63-59)62(53-21-13-17-35(3)39(53)7)54-22-14-18-36(4)40(54)8/h11-32H,1-10H3. The predicted octanol–water partition coefficient (Wildman–Crippen LogP) is 17.8. The van der Waals surface area contributed by atoms with Crippen LogP contribution in [0.25, 0.3) is 65.4 Å². The van der Waals surface area contributed by atoms with E-state index in [4.69, 9.17) is 8.83 Å². The minimum Gasteiger partial charge on any atom is -0.456 e. The van der Waals surface area contributed by atoms with Crippen molar-refractivity contribution >= 4 is 99.5 Å². The first-order chi connectivity index (χ1) is 30.9. The summed E-state index contributed by atoms with van der Waals surface area (Å²) in [5.74, 6) is 0. The third-order valence-corrected chi connectivity index (χ3v) is 14.6. The molecule has 0 fully saturated rings. The monoisotopic (exact) mass is 832 g/mol. The number of rotatable bonds is 6. The van der Waals surface area contributed by atoms with Crippen LogP contribution in [0.1, 0.15) is 55.6 Å². The molecule has 0 saturated heterocycles. The average molecular weight is 833 g/mol. The van der Waals surface area contributed by atoms with Gasteiger partial charge < -0.3 is 18.6 Å². The van der Waals surface area contributed by atoms with E-state index in [0.717, 1.165) is 77.0 Å². The molecule has 0 aliphatic carbocycles. The Kier molecular flexibility index (Phi) is 9.04. The van der Waals surface area contributed by atoms with E-state index >= 15 is 0 Å². The zero-order valence-electron chi connectivity index (χ0n) is 38.4. The van der Waals surface area contributed by atoms with Crippen molar-refractivity contribution in [2.24, 2.45) is 0 Å². The minimum absolute atomic E-state index is 0.855. The van der Waals surface area contributed by atoms with Gasteiger partial charge in [0.1, 0.15) is 22.3 Å². The third kappa shape index (κ3) is 5.96. The van der Waals surface area contributed by atoms with Crippen molar-refractivity contribution < 1.29 is 8.83 Å². The first kappa shape index (κ1) is 39.5. The highest BCUT2D eigenvalue weighted by Gasteiger charge is 2.24. The smallest absolute Gasteiger partial charge is 0.147 e. The lowest BCUT2D eigenvalue weighted by molar-refractivity contribution is 0.660. The molecule has 0 unspecified atom stereocenters. The molecule has 0 spiro atoms. The maximum Gasteiger partial charge on any atom is 0.147 e. The summed E-state index contributed by atoms with van der Waals surface area (Å²) in [5.41, 5.74) is 22.9. The molecule has 0 aliphatic rings. The van der Waals surface area contributed by atoms with E-state index < -0.39 is 0 Å². The van der Waals surface area contributed by atoms with Crippen LogP contribution in [0.3, 0.4) is 0 Å². The van der Waals surface area contributed by atoms with E-state index in [0.29, 0.717) is 0 Å². The number of anilines is 6. The van der Waals surface area contributed by atoms with Crippen LogP contribution in [0.4, 0.5) is 34.1 Å². The number of hydrogen-bond acceptors (Lipinski definition) is 4. The first-order valence-corrected chi connectivity index (χ1v) is 22.4. The quantitative estimate of drug-likeness (QED) is 0.167. The Balaban J connectivity index is 1.08. The zero-order valence-corrected chi connectivity index (χ0v) is 38.4. The van der Waals surface area contributed by atoms with Crippen molar-refractivity contribution in [3.05, 3.63) is 189 Å². The lowest BCUT2D eigenvalue weighted by Gasteiger charge is -2.30. The van der Waals surface area contributed by atoms with Crippen LogP contribution >= 0.6 is 0 Å². The number of aryl methyl sites for hydroxylation is 6. The lowest BCUT2D eigenvalue weighted by Crippen LogP contribution is -2.13. The molecule has 0 amide bonds. The second kappa shape index (κ2) is 14.6. The van der Waals surface area contributed by atoms with Gasteiger partial charge in [-0.1, -0.05) is 60.7 Å². The summed E-state index contributed by atoms with van der Waals surface area (Å²) in [6.07, 6.45) is 0. The summed E-state index contributed by atoms with van der Waals surface area (Å²) in [6.45, 7) is 22.0. The molecule has 4 heteroatoms. The molecule has 0 bridgehead atoms. The fourth-order valence-electron chi connectivity index (χ4n) is 10.1. The summed E-state index contributed by atoms with van der Waals surface area (Å²) >= 11 is 0. The van der Waals surface area contributed by atoms with Gasteiger partial charge >= 0.3 is 0 Å². The number of nitrogens with zero attached hydrogens (tertiary/aromatic N) is 2. The van der Waals surface area contributed by atoms with Crippen molar-refractivity contribution in [3.63, 3.8) is 0 Å². The zero-order chi connectivity index (χ0) is 44.3. The van der Waals surface area contributed by atoms with Crippen molar-refractivity contribution in [1.82, 2.24) is 0 Å². The molecule has 314 valence electrons. The molecule has 0 atom stereocenters. The topological polar surface area (TPSA) is 32.8 Å².